The first kappa shape index (κ1) is 15.1. The SMILES string of the molecule is NC[C@@H](Cc1ccccc1)OC(=O)NCc1ccccc1. The molecule has 1 amide bonds. The predicted octanol–water partition coefficient (Wildman–Crippen LogP) is 2.48. The average Bonchev–Trinajstić information content (AvgIpc) is 2.54. The maximum Gasteiger partial charge on any atom is 0.407 e. The number of carbonyl (C=O) groups is 1. The van der Waals surface area contributed by atoms with Gasteiger partial charge < -0.3 is 15.8 Å². The first-order valence-electron chi connectivity index (χ1n) is 7.00. The molecule has 4 nitrogen and oxygen atoms in total. The summed E-state index contributed by atoms with van der Waals surface area (Å²) < 4.78 is 5.35. The van der Waals surface area contributed by atoms with Gasteiger partial charge in [-0.1, -0.05) is 60.7 Å². The Kier molecular flexibility index (Phi) is 5.79. The third-order valence-electron chi connectivity index (χ3n) is 3.12. The molecule has 0 spiro atoms. The molecule has 0 aliphatic carbocycles. The van der Waals surface area contributed by atoms with Crippen LogP contribution in [0, 0.1) is 0 Å². The minimum atomic E-state index is -0.440. The lowest BCUT2D eigenvalue weighted by Gasteiger charge is -2.16. The maximum atomic E-state index is 11.8. The van der Waals surface area contributed by atoms with E-state index >= 15 is 0 Å². The van der Waals surface area contributed by atoms with Gasteiger partial charge in [0, 0.05) is 19.5 Å². The van der Waals surface area contributed by atoms with Crippen LogP contribution in [0.15, 0.2) is 60.7 Å². The van der Waals surface area contributed by atoms with Crippen molar-refractivity contribution in [2.45, 2.75) is 19.1 Å². The molecular formula is C17H20N2O2. The number of hydrogen-bond acceptors (Lipinski definition) is 3. The van der Waals surface area contributed by atoms with E-state index in [1.165, 1.54) is 0 Å². The smallest absolute Gasteiger partial charge is 0.407 e. The molecule has 0 fully saturated rings. The van der Waals surface area contributed by atoms with Crippen molar-refractivity contribution in [3.8, 4) is 0 Å². The van der Waals surface area contributed by atoms with Gasteiger partial charge in [-0.2, -0.15) is 0 Å². The normalized spacial score (nSPS) is 11.7. The Hall–Kier alpha value is -2.33. The van der Waals surface area contributed by atoms with Gasteiger partial charge in [0.25, 0.3) is 0 Å². The zero-order valence-corrected chi connectivity index (χ0v) is 11.9. The molecule has 0 aromatic heterocycles. The van der Waals surface area contributed by atoms with E-state index in [2.05, 4.69) is 5.32 Å². The predicted molar refractivity (Wildman–Crippen MR) is 82.8 cm³/mol. The summed E-state index contributed by atoms with van der Waals surface area (Å²) in [6, 6.07) is 19.6. The van der Waals surface area contributed by atoms with E-state index in [4.69, 9.17) is 10.5 Å². The molecule has 0 bridgehead atoms. The van der Waals surface area contributed by atoms with Gasteiger partial charge in [0.1, 0.15) is 6.10 Å². The molecule has 0 heterocycles. The number of ether oxygens (including phenoxy) is 1. The highest BCUT2D eigenvalue weighted by Gasteiger charge is 2.13. The molecule has 0 saturated carbocycles. The molecule has 21 heavy (non-hydrogen) atoms. The van der Waals surface area contributed by atoms with Crippen LogP contribution >= 0.6 is 0 Å². The number of hydrogen-bond donors (Lipinski definition) is 2. The minimum Gasteiger partial charge on any atom is -0.445 e. The van der Waals surface area contributed by atoms with Crippen LogP contribution < -0.4 is 11.1 Å². The first-order valence-corrected chi connectivity index (χ1v) is 7.00. The monoisotopic (exact) mass is 284 g/mol. The molecule has 2 aromatic rings. The molecule has 2 rings (SSSR count). The highest BCUT2D eigenvalue weighted by molar-refractivity contribution is 5.67. The fourth-order valence-electron chi connectivity index (χ4n) is 2.01. The van der Waals surface area contributed by atoms with E-state index in [0.717, 1.165) is 11.1 Å². The summed E-state index contributed by atoms with van der Waals surface area (Å²) in [6.07, 6.45) is -0.135. The summed E-state index contributed by atoms with van der Waals surface area (Å²) in [4.78, 5) is 11.8. The van der Waals surface area contributed by atoms with E-state index in [1.54, 1.807) is 0 Å². The lowest BCUT2D eigenvalue weighted by molar-refractivity contribution is 0.101. The van der Waals surface area contributed by atoms with Crippen molar-refractivity contribution in [3.05, 3.63) is 71.8 Å². The Morgan fingerprint density at radius 3 is 2.14 bits per heavy atom. The van der Waals surface area contributed by atoms with Crippen molar-refractivity contribution in [2.75, 3.05) is 6.54 Å². The van der Waals surface area contributed by atoms with E-state index in [1.807, 2.05) is 60.7 Å². The van der Waals surface area contributed by atoms with Crippen molar-refractivity contribution in [3.63, 3.8) is 0 Å². The van der Waals surface area contributed by atoms with Crippen molar-refractivity contribution in [1.29, 1.82) is 0 Å². The van der Waals surface area contributed by atoms with Crippen LogP contribution in [0.3, 0.4) is 0 Å². The van der Waals surface area contributed by atoms with E-state index < -0.39 is 6.09 Å². The first-order chi connectivity index (χ1) is 10.3. The second kappa shape index (κ2) is 8.07. The molecule has 0 radical (unpaired) electrons. The number of carbonyl (C=O) groups excluding carboxylic acids is 1. The zero-order chi connectivity index (χ0) is 14.9. The summed E-state index contributed by atoms with van der Waals surface area (Å²) in [7, 11) is 0. The van der Waals surface area contributed by atoms with Crippen molar-refractivity contribution in [2.24, 2.45) is 5.73 Å². The molecule has 0 unspecified atom stereocenters. The minimum absolute atomic E-state index is 0.299. The van der Waals surface area contributed by atoms with Crippen LogP contribution in [0.25, 0.3) is 0 Å². The van der Waals surface area contributed by atoms with Crippen LogP contribution in [0.4, 0.5) is 4.79 Å². The molecule has 3 N–H and O–H groups in total. The second-order valence-corrected chi connectivity index (χ2v) is 4.79. The highest BCUT2D eigenvalue weighted by atomic mass is 16.6. The lowest BCUT2D eigenvalue weighted by atomic mass is 10.1. The summed E-state index contributed by atoms with van der Waals surface area (Å²) in [5.74, 6) is 0. The highest BCUT2D eigenvalue weighted by Crippen LogP contribution is 2.06. The summed E-state index contributed by atoms with van der Waals surface area (Å²) in [6.45, 7) is 0.746. The number of nitrogens with one attached hydrogen (secondary N) is 1. The van der Waals surface area contributed by atoms with Crippen LogP contribution in [0.5, 0.6) is 0 Å². The quantitative estimate of drug-likeness (QED) is 0.856. The standard InChI is InChI=1S/C17H20N2O2/c18-12-16(11-14-7-3-1-4-8-14)21-17(20)19-13-15-9-5-2-6-10-15/h1-10,16H,11-13,18H2,(H,19,20)/t16-/m1/s1. The van der Waals surface area contributed by atoms with Crippen molar-refractivity contribution < 1.29 is 9.53 Å². The van der Waals surface area contributed by atoms with Crippen LogP contribution in [0.2, 0.25) is 0 Å². The van der Waals surface area contributed by atoms with Crippen molar-refractivity contribution >= 4 is 6.09 Å². The molecular weight excluding hydrogens is 264 g/mol. The molecule has 2 aromatic carbocycles. The van der Waals surface area contributed by atoms with Crippen molar-refractivity contribution in [1.82, 2.24) is 5.32 Å². The van der Waals surface area contributed by atoms with Gasteiger partial charge >= 0.3 is 6.09 Å². The summed E-state index contributed by atoms with van der Waals surface area (Å²) in [5.41, 5.74) is 7.80. The Morgan fingerprint density at radius 2 is 1.57 bits per heavy atom. The molecule has 4 heteroatoms. The molecule has 110 valence electrons. The van der Waals surface area contributed by atoms with Gasteiger partial charge in [0.2, 0.25) is 0 Å². The van der Waals surface area contributed by atoms with Gasteiger partial charge in [-0.25, -0.2) is 4.79 Å². The number of rotatable bonds is 6. The fourth-order valence-corrected chi connectivity index (χ4v) is 2.01. The fraction of sp³-hybridized carbons (Fsp3) is 0.235. The number of alkyl carbamates (subject to hydrolysis) is 1. The molecule has 0 aliphatic heterocycles. The van der Waals surface area contributed by atoms with Crippen LogP contribution in [-0.4, -0.2) is 18.7 Å². The Morgan fingerprint density at radius 1 is 1.00 bits per heavy atom. The molecule has 0 saturated heterocycles. The Balaban J connectivity index is 1.80. The van der Waals surface area contributed by atoms with Crippen LogP contribution in [-0.2, 0) is 17.7 Å². The van der Waals surface area contributed by atoms with Gasteiger partial charge in [-0.05, 0) is 11.1 Å². The van der Waals surface area contributed by atoms with E-state index in [-0.39, 0.29) is 6.10 Å². The average molecular weight is 284 g/mol. The third-order valence-corrected chi connectivity index (χ3v) is 3.12. The number of benzene rings is 2. The lowest BCUT2D eigenvalue weighted by Crippen LogP contribution is -2.34. The largest absolute Gasteiger partial charge is 0.445 e. The van der Waals surface area contributed by atoms with Gasteiger partial charge in [-0.15, -0.1) is 0 Å². The van der Waals surface area contributed by atoms with Gasteiger partial charge in [-0.3, -0.25) is 0 Å². The molecule has 1 atom stereocenters. The van der Waals surface area contributed by atoms with Crippen LogP contribution in [0.1, 0.15) is 11.1 Å². The zero-order valence-electron chi connectivity index (χ0n) is 11.9. The third kappa shape index (κ3) is 5.28. The molecule has 0 aliphatic rings. The summed E-state index contributed by atoms with van der Waals surface area (Å²) in [5, 5.41) is 2.73. The van der Waals surface area contributed by atoms with E-state index in [0.29, 0.717) is 19.5 Å². The Labute approximate surface area is 124 Å². The Bertz CT molecular complexity index is 543. The number of nitrogens with two attached hydrogens (primary N) is 1. The topological polar surface area (TPSA) is 64.3 Å². The number of amides is 1. The second-order valence-electron chi connectivity index (χ2n) is 4.79. The maximum absolute atomic E-state index is 11.8. The van der Waals surface area contributed by atoms with Gasteiger partial charge in [0.15, 0.2) is 0 Å². The van der Waals surface area contributed by atoms with Gasteiger partial charge in [0.05, 0.1) is 0 Å². The van der Waals surface area contributed by atoms with E-state index in [9.17, 15) is 4.79 Å². The summed E-state index contributed by atoms with van der Waals surface area (Å²) >= 11 is 0.